The van der Waals surface area contributed by atoms with Crippen molar-refractivity contribution in [1.82, 2.24) is 9.97 Å². The lowest BCUT2D eigenvalue weighted by molar-refractivity contribution is 1.09. The standard InChI is InChI=1S/C9H14N4/c1-6(2)13-8-7(3)11-5-12-9(8)10-4/h5H,1-4H3,(H,10,11,12). The Morgan fingerprint density at radius 1 is 1.38 bits per heavy atom. The highest BCUT2D eigenvalue weighted by Crippen LogP contribution is 2.24. The van der Waals surface area contributed by atoms with Gasteiger partial charge in [0.05, 0.1) is 5.69 Å². The molecule has 70 valence electrons. The summed E-state index contributed by atoms with van der Waals surface area (Å²) in [5.74, 6) is 0.772. The Morgan fingerprint density at radius 2 is 2.08 bits per heavy atom. The van der Waals surface area contributed by atoms with Gasteiger partial charge in [0.1, 0.15) is 12.0 Å². The predicted octanol–water partition coefficient (Wildman–Crippen LogP) is 1.94. The van der Waals surface area contributed by atoms with E-state index in [1.165, 1.54) is 6.33 Å². The smallest absolute Gasteiger partial charge is 0.155 e. The van der Waals surface area contributed by atoms with E-state index >= 15 is 0 Å². The van der Waals surface area contributed by atoms with Gasteiger partial charge in [0.25, 0.3) is 0 Å². The van der Waals surface area contributed by atoms with Crippen LogP contribution >= 0.6 is 0 Å². The molecule has 0 saturated heterocycles. The molecule has 0 saturated carbocycles. The number of nitrogens with zero attached hydrogens (tertiary/aromatic N) is 3. The van der Waals surface area contributed by atoms with Gasteiger partial charge in [0, 0.05) is 12.8 Å². The molecule has 0 aromatic carbocycles. The van der Waals surface area contributed by atoms with E-state index in [0.717, 1.165) is 22.9 Å². The van der Waals surface area contributed by atoms with E-state index in [4.69, 9.17) is 0 Å². The first-order valence-electron chi connectivity index (χ1n) is 4.16. The maximum Gasteiger partial charge on any atom is 0.155 e. The van der Waals surface area contributed by atoms with Crippen LogP contribution < -0.4 is 5.32 Å². The summed E-state index contributed by atoms with van der Waals surface area (Å²) < 4.78 is 0. The number of anilines is 1. The second-order valence-electron chi connectivity index (χ2n) is 2.97. The summed E-state index contributed by atoms with van der Waals surface area (Å²) in [5, 5.41) is 2.98. The molecule has 0 atom stereocenters. The van der Waals surface area contributed by atoms with Crippen LogP contribution in [-0.2, 0) is 0 Å². The van der Waals surface area contributed by atoms with Gasteiger partial charge in [-0.25, -0.2) is 9.97 Å². The van der Waals surface area contributed by atoms with Gasteiger partial charge in [-0.3, -0.25) is 4.99 Å². The minimum atomic E-state index is 0.772. The van der Waals surface area contributed by atoms with Gasteiger partial charge in [-0.2, -0.15) is 0 Å². The molecule has 1 aromatic heterocycles. The third-order valence-corrected chi connectivity index (χ3v) is 1.58. The van der Waals surface area contributed by atoms with Crippen molar-refractivity contribution in [3.05, 3.63) is 12.0 Å². The molecule has 0 fully saturated rings. The van der Waals surface area contributed by atoms with E-state index in [-0.39, 0.29) is 0 Å². The van der Waals surface area contributed by atoms with Crippen LogP contribution in [0.5, 0.6) is 0 Å². The molecule has 4 nitrogen and oxygen atoms in total. The van der Waals surface area contributed by atoms with Gasteiger partial charge in [0.2, 0.25) is 0 Å². The average molecular weight is 178 g/mol. The Bertz CT molecular complexity index is 326. The fraction of sp³-hybridized carbons (Fsp3) is 0.444. The fourth-order valence-electron chi connectivity index (χ4n) is 1.01. The lowest BCUT2D eigenvalue weighted by Gasteiger charge is -2.05. The van der Waals surface area contributed by atoms with Crippen LogP contribution in [0.1, 0.15) is 19.5 Å². The van der Waals surface area contributed by atoms with Gasteiger partial charge in [0.15, 0.2) is 5.82 Å². The van der Waals surface area contributed by atoms with Gasteiger partial charge < -0.3 is 5.32 Å². The van der Waals surface area contributed by atoms with Crippen LogP contribution in [0, 0.1) is 6.92 Å². The zero-order valence-corrected chi connectivity index (χ0v) is 8.42. The van der Waals surface area contributed by atoms with E-state index in [2.05, 4.69) is 20.3 Å². The third-order valence-electron chi connectivity index (χ3n) is 1.58. The van der Waals surface area contributed by atoms with Crippen LogP contribution in [0.2, 0.25) is 0 Å². The maximum absolute atomic E-state index is 4.36. The molecule has 0 bridgehead atoms. The second kappa shape index (κ2) is 3.98. The Labute approximate surface area is 78.1 Å². The normalized spacial score (nSPS) is 9.54. The first-order valence-corrected chi connectivity index (χ1v) is 4.16. The fourth-order valence-corrected chi connectivity index (χ4v) is 1.01. The third kappa shape index (κ3) is 2.24. The summed E-state index contributed by atoms with van der Waals surface area (Å²) in [5.41, 5.74) is 2.71. The highest BCUT2D eigenvalue weighted by Gasteiger charge is 2.04. The van der Waals surface area contributed by atoms with Crippen molar-refractivity contribution >= 4 is 17.2 Å². The quantitative estimate of drug-likeness (QED) is 0.704. The first-order chi connectivity index (χ1) is 6.15. The number of aliphatic imine (C=N–C) groups is 1. The lowest BCUT2D eigenvalue weighted by Crippen LogP contribution is -1.96. The highest BCUT2D eigenvalue weighted by atomic mass is 15.0. The van der Waals surface area contributed by atoms with E-state index in [9.17, 15) is 0 Å². The molecule has 0 aliphatic heterocycles. The van der Waals surface area contributed by atoms with Gasteiger partial charge in [-0.15, -0.1) is 0 Å². The summed E-state index contributed by atoms with van der Waals surface area (Å²) in [4.78, 5) is 12.5. The summed E-state index contributed by atoms with van der Waals surface area (Å²) in [6, 6.07) is 0. The monoisotopic (exact) mass is 178 g/mol. The Hall–Kier alpha value is -1.45. The summed E-state index contributed by atoms with van der Waals surface area (Å²) in [7, 11) is 1.83. The van der Waals surface area contributed by atoms with Crippen molar-refractivity contribution in [3.8, 4) is 0 Å². The zero-order chi connectivity index (χ0) is 9.84. The van der Waals surface area contributed by atoms with Crippen LogP contribution in [0.15, 0.2) is 11.3 Å². The van der Waals surface area contributed by atoms with E-state index in [0.29, 0.717) is 0 Å². The molecule has 1 heterocycles. The minimum absolute atomic E-state index is 0.772. The number of rotatable bonds is 2. The zero-order valence-electron chi connectivity index (χ0n) is 8.42. The lowest BCUT2D eigenvalue weighted by atomic mass is 10.3. The minimum Gasteiger partial charge on any atom is -0.371 e. The summed E-state index contributed by atoms with van der Waals surface area (Å²) >= 11 is 0. The molecular formula is C9H14N4. The van der Waals surface area contributed by atoms with Crippen molar-refractivity contribution in [1.29, 1.82) is 0 Å². The van der Waals surface area contributed by atoms with Crippen LogP contribution in [-0.4, -0.2) is 22.7 Å². The molecule has 0 aliphatic rings. The highest BCUT2D eigenvalue weighted by molar-refractivity contribution is 5.84. The van der Waals surface area contributed by atoms with Crippen LogP contribution in [0.4, 0.5) is 11.5 Å². The molecular weight excluding hydrogens is 164 g/mol. The van der Waals surface area contributed by atoms with E-state index < -0.39 is 0 Å². The van der Waals surface area contributed by atoms with Crippen molar-refractivity contribution in [2.75, 3.05) is 12.4 Å². The number of aromatic nitrogens is 2. The van der Waals surface area contributed by atoms with Gasteiger partial charge >= 0.3 is 0 Å². The van der Waals surface area contributed by atoms with Crippen LogP contribution in [0.25, 0.3) is 0 Å². The second-order valence-corrected chi connectivity index (χ2v) is 2.97. The molecule has 1 rings (SSSR count). The van der Waals surface area contributed by atoms with Gasteiger partial charge in [-0.05, 0) is 20.8 Å². The van der Waals surface area contributed by atoms with Crippen LogP contribution in [0.3, 0.4) is 0 Å². The summed E-state index contributed by atoms with van der Waals surface area (Å²) in [6.07, 6.45) is 1.53. The number of nitrogens with one attached hydrogen (secondary N) is 1. The largest absolute Gasteiger partial charge is 0.371 e. The first kappa shape index (κ1) is 9.64. The molecule has 1 aromatic rings. The molecule has 4 heteroatoms. The molecule has 0 radical (unpaired) electrons. The number of aryl methyl sites for hydroxylation is 1. The molecule has 0 unspecified atom stereocenters. The molecule has 0 amide bonds. The van der Waals surface area contributed by atoms with E-state index in [1.54, 1.807) is 0 Å². The Kier molecular flexibility index (Phi) is 2.95. The van der Waals surface area contributed by atoms with E-state index in [1.807, 2.05) is 27.8 Å². The topological polar surface area (TPSA) is 50.2 Å². The maximum atomic E-state index is 4.36. The molecule has 1 N–H and O–H groups in total. The van der Waals surface area contributed by atoms with Crippen molar-refractivity contribution < 1.29 is 0 Å². The predicted molar refractivity (Wildman–Crippen MR) is 54.8 cm³/mol. The van der Waals surface area contributed by atoms with Crippen molar-refractivity contribution in [2.45, 2.75) is 20.8 Å². The SMILES string of the molecule is CNc1ncnc(C)c1N=C(C)C. The average Bonchev–Trinajstić information content (AvgIpc) is 2.08. The molecule has 0 aliphatic carbocycles. The Morgan fingerprint density at radius 3 is 2.62 bits per heavy atom. The van der Waals surface area contributed by atoms with Gasteiger partial charge in [-0.1, -0.05) is 0 Å². The molecule has 13 heavy (non-hydrogen) atoms. The molecule has 0 spiro atoms. The van der Waals surface area contributed by atoms with Crippen molar-refractivity contribution in [3.63, 3.8) is 0 Å². The van der Waals surface area contributed by atoms with Crippen molar-refractivity contribution in [2.24, 2.45) is 4.99 Å². The number of hydrogen-bond donors (Lipinski definition) is 1. The number of hydrogen-bond acceptors (Lipinski definition) is 4. The Balaban J connectivity index is 3.23. The summed E-state index contributed by atoms with van der Waals surface area (Å²) in [6.45, 7) is 5.82.